The maximum absolute atomic E-state index is 2.89. The van der Waals surface area contributed by atoms with Crippen LogP contribution in [0.15, 0.2) is 136 Å². The third-order valence-corrected chi connectivity index (χ3v) is 79.0. The van der Waals surface area contributed by atoms with Gasteiger partial charge in [0.2, 0.25) is 0 Å². The first-order chi connectivity index (χ1) is 39.3. The zero-order valence-corrected chi connectivity index (χ0v) is 78.6. The molecule has 0 fully saturated rings. The molecular formula is C72H130S4Si12. The lowest BCUT2D eigenvalue weighted by molar-refractivity contribution is 1.01. The van der Waals surface area contributed by atoms with E-state index in [4.69, 9.17) is 0 Å². The Kier molecular flexibility index (Phi) is 25.0. The highest BCUT2D eigenvalue weighted by Crippen LogP contribution is 2.56. The van der Waals surface area contributed by atoms with Crippen molar-refractivity contribution in [1.29, 1.82) is 0 Å². The van der Waals surface area contributed by atoms with Crippen molar-refractivity contribution in [2.45, 2.75) is 306 Å². The average molecular weight is 1460 g/mol. The third kappa shape index (κ3) is 19.9. The Morgan fingerprint density at radius 1 is 0.193 bits per heavy atom. The first-order valence-electron chi connectivity index (χ1n) is 33.6. The summed E-state index contributed by atoms with van der Waals surface area (Å²) in [5.41, 5.74) is 10.4. The van der Waals surface area contributed by atoms with Gasteiger partial charge < -0.3 is 0 Å². The molecule has 0 aliphatic heterocycles. The Hall–Kier alpha value is 0.103. The van der Waals surface area contributed by atoms with Crippen molar-refractivity contribution in [3.8, 4) is 0 Å². The van der Waals surface area contributed by atoms with Crippen LogP contribution in [-0.4, -0.2) is 96.9 Å². The largest absolute Gasteiger partial charge is 0.0884 e. The van der Waals surface area contributed by atoms with Crippen LogP contribution in [0.5, 0.6) is 0 Å². The molecule has 0 N–H and O–H groups in total. The van der Waals surface area contributed by atoms with E-state index >= 15 is 0 Å². The van der Waals surface area contributed by atoms with E-state index in [0.29, 0.717) is 31.0 Å². The molecule has 0 nitrogen and oxygen atoms in total. The standard InChI is InChI=1S/C72H130S4Si12/c1-77(2,3)67(78(4,5)6)53-49-55(69(81(13,14)15)82(16,17)18)65(56(50-53)70(83(19,20)21)84(22,23)24)75-63-47-41-39-45-61(63)73-59-43-37-38-44-60(59)74-62-46-40-42-48-64(62)76-66-57(71(85(25,26)27)86(28,29)30)51-54(68(79(7,8)9)80(10,11)12)52-58(66)72(87(31,32)33)88(34,35)36/h37-52,67-72H,1-36H3. The third-order valence-electron chi connectivity index (χ3n) is 18.1. The molecule has 490 valence electrons. The van der Waals surface area contributed by atoms with Crippen molar-refractivity contribution in [3.05, 3.63) is 130 Å². The molecule has 0 aliphatic rings. The molecule has 5 aromatic rings. The molecule has 0 atom stereocenters. The molecule has 0 radical (unpaired) electrons. The summed E-state index contributed by atoms with van der Waals surface area (Å²) in [4.78, 5) is 11.5. The zero-order valence-electron chi connectivity index (χ0n) is 63.3. The van der Waals surface area contributed by atoms with E-state index in [1.165, 1.54) is 29.4 Å². The lowest BCUT2D eigenvalue weighted by Gasteiger charge is -2.45. The summed E-state index contributed by atoms with van der Waals surface area (Å²) < 4.78 is 0. The average Bonchev–Trinajstić information content (AvgIpc) is 0.998. The van der Waals surface area contributed by atoms with Crippen molar-refractivity contribution in [2.24, 2.45) is 0 Å². The van der Waals surface area contributed by atoms with Crippen LogP contribution in [0.4, 0.5) is 0 Å². The molecule has 0 amide bonds. The van der Waals surface area contributed by atoms with Crippen LogP contribution in [0.25, 0.3) is 0 Å². The molecule has 0 saturated carbocycles. The van der Waals surface area contributed by atoms with Gasteiger partial charge in [0.05, 0.1) is 0 Å². The minimum Gasteiger partial charge on any atom is -0.0884 e. The predicted molar refractivity (Wildman–Crippen MR) is 445 cm³/mol. The topological polar surface area (TPSA) is 0 Å². The number of benzene rings is 5. The van der Waals surface area contributed by atoms with E-state index in [1.807, 2.05) is 23.5 Å². The highest BCUT2D eigenvalue weighted by molar-refractivity contribution is 8.04. The second-order valence-corrected chi connectivity index (χ2v) is 111. The van der Waals surface area contributed by atoms with Crippen LogP contribution in [-0.2, 0) is 0 Å². The summed E-state index contributed by atoms with van der Waals surface area (Å²) in [5.74, 6) is 0. The van der Waals surface area contributed by atoms with E-state index in [9.17, 15) is 0 Å². The summed E-state index contributed by atoms with van der Waals surface area (Å²) >= 11 is 8.36. The van der Waals surface area contributed by atoms with Gasteiger partial charge in [0.25, 0.3) is 0 Å². The van der Waals surface area contributed by atoms with Crippen LogP contribution < -0.4 is 0 Å². The van der Waals surface area contributed by atoms with E-state index < -0.39 is 96.9 Å². The van der Waals surface area contributed by atoms with Crippen molar-refractivity contribution >= 4 is 144 Å². The normalized spacial score (nSPS) is 14.5. The summed E-state index contributed by atoms with van der Waals surface area (Å²) in [7, 11) is -20.4. The molecule has 88 heavy (non-hydrogen) atoms. The van der Waals surface area contributed by atoms with Crippen LogP contribution in [0.1, 0.15) is 64.4 Å². The Balaban J connectivity index is 1.83. The van der Waals surface area contributed by atoms with Gasteiger partial charge in [-0.25, -0.2) is 0 Å². The van der Waals surface area contributed by atoms with Gasteiger partial charge in [-0.05, 0) is 101 Å². The minimum absolute atomic E-state index is 0.634. The zero-order chi connectivity index (χ0) is 67.7. The fourth-order valence-electron chi connectivity index (χ4n) is 18.7. The monoisotopic (exact) mass is 1460 g/mol. The Labute approximate surface area is 574 Å². The molecule has 16 heteroatoms. The quantitative estimate of drug-likeness (QED) is 0.0506. The summed E-state index contributed by atoms with van der Waals surface area (Å²) in [6.07, 6.45) is 0. The second kappa shape index (κ2) is 27.9. The van der Waals surface area contributed by atoms with Gasteiger partial charge in [-0.3, -0.25) is 0 Å². The minimum atomic E-state index is -1.74. The van der Waals surface area contributed by atoms with Crippen molar-refractivity contribution in [1.82, 2.24) is 0 Å². The lowest BCUT2D eigenvalue weighted by Crippen LogP contribution is -2.50. The second-order valence-electron chi connectivity index (χ2n) is 39.8. The Bertz CT molecular complexity index is 2790. The van der Waals surface area contributed by atoms with E-state index in [-0.39, 0.29) is 0 Å². The molecule has 5 aromatic carbocycles. The molecule has 5 rings (SSSR count). The summed E-state index contributed by atoms with van der Waals surface area (Å²) in [6, 6.07) is 40.1. The maximum atomic E-state index is 2.89. The Morgan fingerprint density at radius 2 is 0.330 bits per heavy atom. The van der Waals surface area contributed by atoms with Gasteiger partial charge in [0.15, 0.2) is 0 Å². The molecule has 0 bridgehead atoms. The lowest BCUT2D eigenvalue weighted by atomic mass is 10.1. The summed E-state index contributed by atoms with van der Waals surface area (Å²) in [6.45, 7) is 97.1. The molecule has 0 unspecified atom stereocenters. The Morgan fingerprint density at radius 3 is 0.466 bits per heavy atom. The van der Waals surface area contributed by atoms with Crippen molar-refractivity contribution < 1.29 is 0 Å². The van der Waals surface area contributed by atoms with Gasteiger partial charge in [-0.1, -0.05) is 343 Å². The molecule has 0 aliphatic carbocycles. The predicted octanol–water partition coefficient (Wildman–Crippen LogP) is 27.3. The highest BCUT2D eigenvalue weighted by atomic mass is 32.2. The fourth-order valence-corrected chi connectivity index (χ4v) is 101. The van der Waals surface area contributed by atoms with E-state index in [0.717, 1.165) is 0 Å². The van der Waals surface area contributed by atoms with Crippen LogP contribution in [0.3, 0.4) is 0 Å². The molecule has 0 spiro atoms. The molecule has 0 heterocycles. The maximum Gasteiger partial charge on any atom is 0.0493 e. The van der Waals surface area contributed by atoms with Gasteiger partial charge in [0, 0.05) is 136 Å². The van der Waals surface area contributed by atoms with Gasteiger partial charge >= 0.3 is 0 Å². The molecule has 0 saturated heterocycles. The number of rotatable bonds is 26. The first kappa shape index (κ1) is 78.8. The number of hydrogen-bond acceptors (Lipinski definition) is 4. The van der Waals surface area contributed by atoms with Crippen LogP contribution in [0, 0.1) is 0 Å². The molecular weight excluding hydrogens is 1330 g/mol. The van der Waals surface area contributed by atoms with E-state index in [2.05, 4.69) is 356 Å². The first-order valence-corrected chi connectivity index (χ1v) is 79.8. The van der Waals surface area contributed by atoms with Gasteiger partial charge in [0.1, 0.15) is 0 Å². The van der Waals surface area contributed by atoms with Crippen LogP contribution >= 0.6 is 47.0 Å². The van der Waals surface area contributed by atoms with Gasteiger partial charge in [-0.15, -0.1) is 0 Å². The van der Waals surface area contributed by atoms with Crippen molar-refractivity contribution in [2.75, 3.05) is 0 Å². The molecule has 0 aromatic heterocycles. The van der Waals surface area contributed by atoms with Gasteiger partial charge in [-0.2, -0.15) is 0 Å². The summed E-state index contributed by atoms with van der Waals surface area (Å²) in [5, 5.41) is 3.92. The van der Waals surface area contributed by atoms with Crippen LogP contribution in [0.2, 0.25) is 236 Å². The smallest absolute Gasteiger partial charge is 0.0493 e. The van der Waals surface area contributed by atoms with Crippen molar-refractivity contribution in [3.63, 3.8) is 0 Å². The van der Waals surface area contributed by atoms with E-state index in [1.54, 1.807) is 43.2 Å². The number of hydrogen-bond donors (Lipinski definition) is 0. The SMILES string of the molecule is C[Si](C)(C)C(c1cc(C([Si](C)(C)C)[Si](C)(C)C)c(Sc2ccccc2Sc2ccccc2Sc2ccccc2Sc2c(C([Si](C)(C)C)[Si](C)(C)C)cc(C([Si](C)(C)C)[Si](C)(C)C)cc2C([Si](C)(C)C)[Si](C)(C)C)c(C([Si](C)(C)C)[Si](C)(C)C)c1)[Si](C)(C)C. The fraction of sp³-hybridized carbons (Fsp3) is 0.583. The highest BCUT2D eigenvalue weighted by Gasteiger charge is 2.49.